The van der Waals surface area contributed by atoms with Crippen LogP contribution in [0.5, 0.6) is 5.75 Å². The van der Waals surface area contributed by atoms with Gasteiger partial charge in [0.05, 0.1) is 11.0 Å². The quantitative estimate of drug-likeness (QED) is 0.580. The Bertz CT molecular complexity index is 479. The molecule has 0 bridgehead atoms. The number of nitrogens with zero attached hydrogens (tertiary/aromatic N) is 2. The van der Waals surface area contributed by atoms with Gasteiger partial charge in [0.15, 0.2) is 0 Å². The highest BCUT2D eigenvalue weighted by atomic mass is 35.5. The highest BCUT2D eigenvalue weighted by Crippen LogP contribution is 2.21. The molecule has 1 N–H and O–H groups in total. The number of ether oxygens (including phenoxy) is 1. The number of likely N-dealkylation sites (tertiary alicyclic amines) is 1. The van der Waals surface area contributed by atoms with Gasteiger partial charge in [-0.15, -0.1) is 12.4 Å². The Labute approximate surface area is 143 Å². The van der Waals surface area contributed by atoms with Gasteiger partial charge in [0.25, 0.3) is 5.69 Å². The number of non-ortho nitro benzene ring substituents is 1. The highest BCUT2D eigenvalue weighted by molar-refractivity contribution is 5.85. The van der Waals surface area contributed by atoms with Crippen LogP contribution in [0.3, 0.4) is 0 Å². The maximum Gasteiger partial charge on any atom is 0.273 e. The molecular formula is C16H26ClN3O3. The van der Waals surface area contributed by atoms with Crippen molar-refractivity contribution in [3.63, 3.8) is 0 Å². The Kier molecular flexibility index (Phi) is 8.91. The van der Waals surface area contributed by atoms with Crippen molar-refractivity contribution in [1.29, 1.82) is 0 Å². The molecule has 0 aliphatic carbocycles. The third-order valence-electron chi connectivity index (χ3n) is 4.21. The van der Waals surface area contributed by atoms with Crippen LogP contribution >= 0.6 is 12.4 Å². The molecular weight excluding hydrogens is 318 g/mol. The average Bonchev–Trinajstić information content (AvgIpc) is 2.54. The van der Waals surface area contributed by atoms with Gasteiger partial charge in [-0.3, -0.25) is 15.0 Å². The molecule has 1 aromatic carbocycles. The van der Waals surface area contributed by atoms with Gasteiger partial charge in [-0.2, -0.15) is 0 Å². The number of nitro groups is 1. The van der Waals surface area contributed by atoms with Crippen molar-refractivity contribution in [3.05, 3.63) is 34.4 Å². The molecule has 0 radical (unpaired) electrons. The number of hydrogen-bond acceptors (Lipinski definition) is 5. The fourth-order valence-electron chi connectivity index (χ4n) is 2.83. The fourth-order valence-corrected chi connectivity index (χ4v) is 2.83. The van der Waals surface area contributed by atoms with Crippen molar-refractivity contribution in [3.8, 4) is 5.75 Å². The predicted molar refractivity (Wildman–Crippen MR) is 93.5 cm³/mol. The normalized spacial score (nSPS) is 15.9. The van der Waals surface area contributed by atoms with E-state index < -0.39 is 4.92 Å². The van der Waals surface area contributed by atoms with Crippen LogP contribution in [0.1, 0.15) is 19.3 Å². The zero-order chi connectivity index (χ0) is 15.8. The smallest absolute Gasteiger partial charge is 0.273 e. The van der Waals surface area contributed by atoms with E-state index in [-0.39, 0.29) is 18.1 Å². The van der Waals surface area contributed by atoms with E-state index in [0.717, 1.165) is 32.1 Å². The van der Waals surface area contributed by atoms with Gasteiger partial charge in [-0.05, 0) is 57.9 Å². The van der Waals surface area contributed by atoms with Crippen molar-refractivity contribution in [1.82, 2.24) is 10.2 Å². The molecule has 0 aromatic heterocycles. The van der Waals surface area contributed by atoms with Crippen molar-refractivity contribution in [2.75, 3.05) is 39.8 Å². The monoisotopic (exact) mass is 343 g/mol. The molecule has 1 aliphatic heterocycles. The van der Waals surface area contributed by atoms with Crippen LogP contribution in [0.15, 0.2) is 24.3 Å². The van der Waals surface area contributed by atoms with E-state index in [4.69, 9.17) is 4.74 Å². The van der Waals surface area contributed by atoms with E-state index in [1.165, 1.54) is 31.4 Å². The van der Waals surface area contributed by atoms with Gasteiger partial charge >= 0.3 is 0 Å². The van der Waals surface area contributed by atoms with Gasteiger partial charge in [-0.25, -0.2) is 0 Å². The number of piperidine rings is 1. The number of nitrogens with one attached hydrogen (secondary N) is 1. The van der Waals surface area contributed by atoms with Crippen molar-refractivity contribution < 1.29 is 9.66 Å². The first-order chi connectivity index (χ1) is 10.7. The molecule has 0 spiro atoms. The summed E-state index contributed by atoms with van der Waals surface area (Å²) in [4.78, 5) is 12.7. The van der Waals surface area contributed by atoms with Crippen LogP contribution in [0.25, 0.3) is 0 Å². The molecule has 1 aliphatic rings. The van der Waals surface area contributed by atoms with Gasteiger partial charge in [-0.1, -0.05) is 6.07 Å². The second-order valence-electron chi connectivity index (χ2n) is 5.78. The summed E-state index contributed by atoms with van der Waals surface area (Å²) < 4.78 is 5.64. The van der Waals surface area contributed by atoms with Crippen LogP contribution in [0.2, 0.25) is 0 Å². The Morgan fingerprint density at radius 1 is 1.39 bits per heavy atom. The van der Waals surface area contributed by atoms with Crippen molar-refractivity contribution in [2.24, 2.45) is 5.92 Å². The molecule has 0 saturated carbocycles. The zero-order valence-corrected chi connectivity index (χ0v) is 14.4. The van der Waals surface area contributed by atoms with Gasteiger partial charge in [0.1, 0.15) is 12.4 Å². The second kappa shape index (κ2) is 10.4. The predicted octanol–water partition coefficient (Wildman–Crippen LogP) is 2.72. The number of rotatable bonds is 8. The molecule has 1 aromatic rings. The lowest BCUT2D eigenvalue weighted by molar-refractivity contribution is -0.384. The minimum absolute atomic E-state index is 0. The summed E-state index contributed by atoms with van der Waals surface area (Å²) in [5.41, 5.74) is 0.0721. The average molecular weight is 344 g/mol. The van der Waals surface area contributed by atoms with E-state index >= 15 is 0 Å². The summed E-state index contributed by atoms with van der Waals surface area (Å²) in [6.45, 7) is 4.78. The van der Waals surface area contributed by atoms with Crippen LogP contribution in [-0.4, -0.2) is 49.7 Å². The zero-order valence-electron chi connectivity index (χ0n) is 13.6. The van der Waals surface area contributed by atoms with Gasteiger partial charge < -0.3 is 10.1 Å². The number of nitro benzene ring substituents is 1. The molecule has 1 fully saturated rings. The Balaban J connectivity index is 0.00000264. The van der Waals surface area contributed by atoms with E-state index in [1.807, 2.05) is 7.05 Å². The summed E-state index contributed by atoms with van der Waals surface area (Å²) >= 11 is 0. The minimum atomic E-state index is -0.400. The third-order valence-corrected chi connectivity index (χ3v) is 4.21. The molecule has 1 saturated heterocycles. The summed E-state index contributed by atoms with van der Waals surface area (Å²) in [6.07, 6.45) is 3.76. The van der Waals surface area contributed by atoms with Crippen molar-refractivity contribution >= 4 is 18.1 Å². The lowest BCUT2D eigenvalue weighted by atomic mass is 9.93. The summed E-state index contributed by atoms with van der Waals surface area (Å²) in [5, 5.41) is 13.9. The largest absolute Gasteiger partial charge is 0.492 e. The highest BCUT2D eigenvalue weighted by Gasteiger charge is 2.18. The van der Waals surface area contributed by atoms with Crippen LogP contribution in [0, 0.1) is 16.0 Å². The Morgan fingerprint density at radius 2 is 2.13 bits per heavy atom. The first kappa shape index (κ1) is 19.7. The van der Waals surface area contributed by atoms with Crippen LogP contribution in [-0.2, 0) is 0 Å². The molecule has 130 valence electrons. The topological polar surface area (TPSA) is 67.6 Å². The number of hydrogen-bond donors (Lipinski definition) is 1. The van der Waals surface area contributed by atoms with E-state index in [9.17, 15) is 10.1 Å². The summed E-state index contributed by atoms with van der Waals surface area (Å²) in [7, 11) is 2.00. The van der Waals surface area contributed by atoms with Gasteiger partial charge in [0.2, 0.25) is 0 Å². The first-order valence-corrected chi connectivity index (χ1v) is 7.93. The summed E-state index contributed by atoms with van der Waals surface area (Å²) in [5.74, 6) is 1.40. The summed E-state index contributed by atoms with van der Waals surface area (Å²) in [6, 6.07) is 6.37. The molecule has 1 heterocycles. The van der Waals surface area contributed by atoms with E-state index in [0.29, 0.717) is 12.4 Å². The minimum Gasteiger partial charge on any atom is -0.492 e. The molecule has 0 unspecified atom stereocenters. The molecule has 0 atom stereocenters. The lowest BCUT2D eigenvalue weighted by Crippen LogP contribution is -2.37. The standard InChI is InChI=1S/C16H25N3O3.ClH/c1-17-8-5-14-6-9-18(10-7-14)11-12-22-16-4-2-3-15(13-16)19(20)21;/h2-4,13-14,17H,5-12H2,1H3;1H. The lowest BCUT2D eigenvalue weighted by Gasteiger charge is -2.31. The van der Waals surface area contributed by atoms with Crippen molar-refractivity contribution in [2.45, 2.75) is 19.3 Å². The van der Waals surface area contributed by atoms with Crippen LogP contribution < -0.4 is 10.1 Å². The molecule has 6 nitrogen and oxygen atoms in total. The fraction of sp³-hybridized carbons (Fsp3) is 0.625. The molecule has 23 heavy (non-hydrogen) atoms. The van der Waals surface area contributed by atoms with E-state index in [2.05, 4.69) is 10.2 Å². The van der Waals surface area contributed by atoms with E-state index in [1.54, 1.807) is 12.1 Å². The SMILES string of the molecule is CNCCC1CCN(CCOc2cccc([N+](=O)[O-])c2)CC1.Cl. The van der Waals surface area contributed by atoms with Gasteiger partial charge in [0, 0.05) is 12.6 Å². The number of halogens is 1. The van der Waals surface area contributed by atoms with Crippen LogP contribution in [0.4, 0.5) is 5.69 Å². The first-order valence-electron chi connectivity index (χ1n) is 7.93. The Hall–Kier alpha value is -1.37. The Morgan fingerprint density at radius 3 is 2.78 bits per heavy atom. The number of benzene rings is 1. The molecule has 0 amide bonds. The second-order valence-corrected chi connectivity index (χ2v) is 5.78. The maximum absolute atomic E-state index is 10.7. The maximum atomic E-state index is 10.7. The molecule has 2 rings (SSSR count). The third kappa shape index (κ3) is 6.72. The molecule has 7 heteroatoms.